The van der Waals surface area contributed by atoms with Gasteiger partial charge in [-0.05, 0) is 42.2 Å². The largest absolute Gasteiger partial charge is 0.495 e. The van der Waals surface area contributed by atoms with Crippen LogP contribution in [-0.2, 0) is 22.4 Å². The number of ether oxygens (including phenoxy) is 1. The zero-order chi connectivity index (χ0) is 26.0. The van der Waals surface area contributed by atoms with Crippen molar-refractivity contribution in [1.29, 1.82) is 0 Å². The number of sulfonamides is 1. The quantitative estimate of drug-likeness (QED) is 0.347. The van der Waals surface area contributed by atoms with E-state index in [-0.39, 0.29) is 18.4 Å². The van der Waals surface area contributed by atoms with Gasteiger partial charge < -0.3 is 19.1 Å². The number of aliphatic hydroxyl groups excluding tert-OH is 1. The molecule has 8 nitrogen and oxygen atoms in total. The van der Waals surface area contributed by atoms with Crippen molar-refractivity contribution in [2.75, 3.05) is 25.1 Å². The summed E-state index contributed by atoms with van der Waals surface area (Å²) in [6.45, 7) is 1.32. The lowest BCUT2D eigenvalue weighted by atomic mass is 10.1. The predicted molar refractivity (Wildman–Crippen MR) is 146 cm³/mol. The van der Waals surface area contributed by atoms with Gasteiger partial charge in [-0.25, -0.2) is 18.1 Å². The highest BCUT2D eigenvalue weighted by molar-refractivity contribution is 7.88. The number of hydrogen-bond donors (Lipinski definition) is 2. The summed E-state index contributed by atoms with van der Waals surface area (Å²) in [5.41, 5.74) is 4.73. The molecule has 1 aliphatic rings. The molecule has 1 fully saturated rings. The van der Waals surface area contributed by atoms with Crippen LogP contribution in [0.2, 0.25) is 5.02 Å². The first-order valence-electron chi connectivity index (χ1n) is 12.1. The zero-order valence-electron chi connectivity index (χ0n) is 20.5. The molecule has 2 aromatic carbocycles. The number of hydrogen-bond acceptors (Lipinski definition) is 6. The van der Waals surface area contributed by atoms with Crippen LogP contribution in [0.5, 0.6) is 5.75 Å². The van der Waals surface area contributed by atoms with Gasteiger partial charge in [0.25, 0.3) is 0 Å². The molecule has 10 heteroatoms. The second-order valence-corrected chi connectivity index (χ2v) is 11.4. The molecule has 37 heavy (non-hydrogen) atoms. The highest BCUT2D eigenvalue weighted by atomic mass is 35.5. The Balaban J connectivity index is 1.27. The Hall–Kier alpha value is -3.11. The van der Waals surface area contributed by atoms with Crippen LogP contribution in [-0.4, -0.2) is 49.2 Å². The van der Waals surface area contributed by atoms with Crippen LogP contribution in [0, 0.1) is 0 Å². The Kier molecular flexibility index (Phi) is 7.39. The lowest BCUT2D eigenvalue weighted by Crippen LogP contribution is -2.45. The third-order valence-electron chi connectivity index (χ3n) is 6.67. The molecule has 1 aliphatic heterocycles. The number of benzene rings is 2. The number of imidazole rings is 1. The summed E-state index contributed by atoms with van der Waals surface area (Å²) >= 11 is 6.34. The summed E-state index contributed by atoms with van der Waals surface area (Å²) in [6.07, 6.45) is 5.32. The lowest BCUT2D eigenvalue weighted by molar-refractivity contribution is 0.281. The molecular weight excluding hydrogens is 512 g/mol. The van der Waals surface area contributed by atoms with E-state index in [4.69, 9.17) is 21.3 Å². The number of piperidine rings is 1. The number of nitrogens with one attached hydrogen (secondary N) is 1. The van der Waals surface area contributed by atoms with Crippen molar-refractivity contribution >= 4 is 33.0 Å². The van der Waals surface area contributed by atoms with Gasteiger partial charge in [-0.2, -0.15) is 0 Å². The molecule has 3 heterocycles. The maximum Gasteiger partial charge on any atom is 0.216 e. The van der Waals surface area contributed by atoms with Gasteiger partial charge >= 0.3 is 0 Å². The van der Waals surface area contributed by atoms with E-state index in [9.17, 15) is 13.5 Å². The van der Waals surface area contributed by atoms with Gasteiger partial charge in [0.15, 0.2) is 0 Å². The topological polar surface area (TPSA) is 96.2 Å². The number of pyridine rings is 1. The number of rotatable bonds is 8. The smallest absolute Gasteiger partial charge is 0.216 e. The summed E-state index contributed by atoms with van der Waals surface area (Å²) < 4.78 is 35.3. The third kappa shape index (κ3) is 5.75. The normalized spacial score (nSPS) is 14.8. The van der Waals surface area contributed by atoms with E-state index in [0.717, 1.165) is 48.4 Å². The first-order chi connectivity index (χ1) is 17.8. The number of aromatic nitrogens is 2. The minimum absolute atomic E-state index is 0.00958. The van der Waals surface area contributed by atoms with Gasteiger partial charge in [-0.3, -0.25) is 0 Å². The van der Waals surface area contributed by atoms with E-state index in [0.29, 0.717) is 22.0 Å². The molecule has 1 saturated heterocycles. The highest BCUT2D eigenvalue weighted by Gasteiger charge is 2.24. The molecule has 2 N–H and O–H groups in total. The van der Waals surface area contributed by atoms with Gasteiger partial charge in [0.2, 0.25) is 10.0 Å². The molecule has 4 aromatic rings. The van der Waals surface area contributed by atoms with Crippen LogP contribution >= 0.6 is 11.6 Å². The highest BCUT2D eigenvalue weighted by Crippen LogP contribution is 2.34. The van der Waals surface area contributed by atoms with E-state index >= 15 is 0 Å². The maximum absolute atomic E-state index is 12.6. The van der Waals surface area contributed by atoms with Crippen LogP contribution in [0.15, 0.2) is 67.0 Å². The van der Waals surface area contributed by atoms with Crippen molar-refractivity contribution in [2.24, 2.45) is 0 Å². The van der Waals surface area contributed by atoms with Gasteiger partial charge in [-0.1, -0.05) is 41.9 Å². The average Bonchev–Trinajstić information content (AvgIpc) is 3.32. The van der Waals surface area contributed by atoms with Crippen molar-refractivity contribution < 1.29 is 18.3 Å². The van der Waals surface area contributed by atoms with Crippen molar-refractivity contribution in [2.45, 2.75) is 31.2 Å². The Morgan fingerprint density at radius 1 is 1.14 bits per heavy atom. The molecule has 2 aromatic heterocycles. The molecule has 0 amide bonds. The van der Waals surface area contributed by atoms with Crippen molar-refractivity contribution in [1.82, 2.24) is 14.1 Å². The predicted octanol–water partition coefficient (Wildman–Crippen LogP) is 4.24. The number of fused-ring (bicyclic) bond motifs is 1. The summed E-state index contributed by atoms with van der Waals surface area (Å²) in [5, 5.41) is 10.3. The minimum Gasteiger partial charge on any atom is -0.495 e. The Morgan fingerprint density at radius 3 is 2.59 bits per heavy atom. The number of anilines is 1. The molecule has 0 aliphatic carbocycles. The fraction of sp³-hybridized carbons (Fsp3) is 0.296. The summed E-state index contributed by atoms with van der Waals surface area (Å²) in [6, 6.07) is 16.7. The fourth-order valence-electron chi connectivity index (χ4n) is 4.76. The lowest BCUT2D eigenvalue weighted by Gasteiger charge is -2.33. The Morgan fingerprint density at radius 2 is 1.89 bits per heavy atom. The monoisotopic (exact) mass is 540 g/mol. The Labute approximate surface area is 221 Å². The Bertz CT molecular complexity index is 1500. The first-order valence-corrected chi connectivity index (χ1v) is 14.1. The second-order valence-electron chi connectivity index (χ2n) is 9.20. The minimum atomic E-state index is -3.40. The summed E-state index contributed by atoms with van der Waals surface area (Å²) in [5.74, 6) is 0.496. The molecule has 0 spiro atoms. The molecule has 0 unspecified atom stereocenters. The van der Waals surface area contributed by atoms with Crippen LogP contribution in [0.25, 0.3) is 16.9 Å². The number of methoxy groups -OCH3 is 1. The van der Waals surface area contributed by atoms with Crippen molar-refractivity contribution in [3.05, 3.63) is 83.1 Å². The van der Waals surface area contributed by atoms with E-state index < -0.39 is 10.0 Å². The van der Waals surface area contributed by atoms with Crippen molar-refractivity contribution in [3.8, 4) is 17.0 Å². The third-order valence-corrected chi connectivity index (χ3v) is 8.37. The molecule has 0 bridgehead atoms. The zero-order valence-corrected chi connectivity index (χ0v) is 22.0. The standard InChI is InChI=1S/C27H29ClN4O4S/c1-36-26-13-20(17-33)23(15-24(26)28)25-16-32-12-9-22(14-27(32)29-25)31-10-7-21(8-11-31)30-37(34,35)18-19-5-3-2-4-6-19/h2-6,9,12-16,21,30,33H,7-8,10-11,17-18H2,1H3. The summed E-state index contributed by atoms with van der Waals surface area (Å²) in [4.78, 5) is 7.03. The van der Waals surface area contributed by atoms with Crippen LogP contribution in [0.4, 0.5) is 5.69 Å². The molecular formula is C27H29ClN4O4S. The van der Waals surface area contributed by atoms with Gasteiger partial charge in [-0.15, -0.1) is 0 Å². The SMILES string of the molecule is COc1cc(CO)c(-c2cn3ccc(N4CCC(NS(=O)(=O)Cc5ccccc5)CC4)cc3n2)cc1Cl. The van der Waals surface area contributed by atoms with Crippen molar-refractivity contribution in [3.63, 3.8) is 0 Å². The number of aliphatic hydroxyl groups is 1. The van der Waals surface area contributed by atoms with E-state index in [1.165, 1.54) is 7.11 Å². The molecule has 194 valence electrons. The van der Waals surface area contributed by atoms with E-state index in [1.54, 1.807) is 12.1 Å². The van der Waals surface area contributed by atoms with E-state index in [2.05, 4.69) is 9.62 Å². The van der Waals surface area contributed by atoms with Crippen LogP contribution in [0.1, 0.15) is 24.0 Å². The average molecular weight is 541 g/mol. The number of nitrogens with zero attached hydrogens (tertiary/aromatic N) is 3. The molecule has 0 saturated carbocycles. The van der Waals surface area contributed by atoms with Crippen LogP contribution < -0.4 is 14.4 Å². The van der Waals surface area contributed by atoms with Crippen LogP contribution in [0.3, 0.4) is 0 Å². The first kappa shape index (κ1) is 25.5. The van der Waals surface area contributed by atoms with Gasteiger partial charge in [0.05, 0.1) is 30.2 Å². The summed E-state index contributed by atoms with van der Waals surface area (Å²) in [7, 11) is -1.86. The molecule has 0 atom stereocenters. The number of halogens is 1. The van der Waals surface area contributed by atoms with Gasteiger partial charge in [0, 0.05) is 48.8 Å². The van der Waals surface area contributed by atoms with E-state index in [1.807, 2.05) is 59.3 Å². The van der Waals surface area contributed by atoms with Gasteiger partial charge in [0.1, 0.15) is 11.4 Å². The maximum atomic E-state index is 12.6. The second kappa shape index (κ2) is 10.7. The molecule has 0 radical (unpaired) electrons. The fourth-order valence-corrected chi connectivity index (χ4v) is 6.46. The molecule has 5 rings (SSSR count).